The molecule has 1 aliphatic carbocycles. The summed E-state index contributed by atoms with van der Waals surface area (Å²) in [7, 11) is 3.60. The Bertz CT molecular complexity index is 412. The van der Waals surface area contributed by atoms with E-state index in [1.54, 1.807) is 0 Å². The Morgan fingerprint density at radius 2 is 1.90 bits per heavy atom. The average Bonchev–Trinajstić information content (AvgIpc) is 2.53. The fraction of sp³-hybridized carbons (Fsp3) is 0.588. The number of rotatable bonds is 5. The van der Waals surface area contributed by atoms with Gasteiger partial charge in [-0.2, -0.15) is 0 Å². The van der Waals surface area contributed by atoms with Crippen LogP contribution < -0.4 is 0 Å². The minimum atomic E-state index is -0.187. The fourth-order valence-corrected chi connectivity index (χ4v) is 3.10. The van der Waals surface area contributed by atoms with Gasteiger partial charge in [-0.15, -0.1) is 0 Å². The van der Waals surface area contributed by atoms with E-state index in [0.29, 0.717) is 6.04 Å². The molecule has 0 saturated heterocycles. The SMILES string of the molecule is COC(=O)C(CN(C)C1CCCCC1)c1ccccc1. The predicted molar refractivity (Wildman–Crippen MR) is 80.7 cm³/mol. The third kappa shape index (κ3) is 3.83. The summed E-state index contributed by atoms with van der Waals surface area (Å²) in [4.78, 5) is 14.4. The van der Waals surface area contributed by atoms with Gasteiger partial charge < -0.3 is 9.64 Å². The van der Waals surface area contributed by atoms with Crippen molar-refractivity contribution in [2.24, 2.45) is 0 Å². The Hall–Kier alpha value is -1.35. The highest BCUT2D eigenvalue weighted by Gasteiger charge is 2.26. The van der Waals surface area contributed by atoms with Crippen LogP contribution in [-0.4, -0.2) is 37.6 Å². The van der Waals surface area contributed by atoms with Crippen LogP contribution in [0.4, 0.5) is 0 Å². The molecule has 0 radical (unpaired) electrons. The third-order valence-corrected chi connectivity index (χ3v) is 4.36. The van der Waals surface area contributed by atoms with Crippen molar-refractivity contribution in [2.75, 3.05) is 20.7 Å². The zero-order valence-electron chi connectivity index (χ0n) is 12.5. The molecule has 1 aromatic carbocycles. The number of carbonyl (C=O) groups excluding carboxylic acids is 1. The number of benzene rings is 1. The predicted octanol–water partition coefficient (Wildman–Crippen LogP) is 3.21. The zero-order chi connectivity index (χ0) is 14.4. The highest BCUT2D eigenvalue weighted by Crippen LogP contribution is 2.25. The van der Waals surface area contributed by atoms with Crippen LogP contribution in [0.3, 0.4) is 0 Å². The van der Waals surface area contributed by atoms with E-state index in [9.17, 15) is 4.79 Å². The summed E-state index contributed by atoms with van der Waals surface area (Å²) >= 11 is 0. The maximum atomic E-state index is 12.1. The molecule has 0 spiro atoms. The van der Waals surface area contributed by atoms with Gasteiger partial charge in [-0.3, -0.25) is 4.79 Å². The smallest absolute Gasteiger partial charge is 0.314 e. The van der Waals surface area contributed by atoms with Crippen molar-refractivity contribution in [1.82, 2.24) is 4.90 Å². The maximum absolute atomic E-state index is 12.1. The van der Waals surface area contributed by atoms with Gasteiger partial charge in [-0.05, 0) is 25.5 Å². The van der Waals surface area contributed by atoms with Gasteiger partial charge >= 0.3 is 5.97 Å². The molecule has 1 atom stereocenters. The average molecular weight is 275 g/mol. The number of hydrogen-bond acceptors (Lipinski definition) is 3. The lowest BCUT2D eigenvalue weighted by Crippen LogP contribution is -2.38. The van der Waals surface area contributed by atoms with E-state index >= 15 is 0 Å². The van der Waals surface area contributed by atoms with Crippen LogP contribution in [0.5, 0.6) is 0 Å². The number of methoxy groups -OCH3 is 1. The number of nitrogens with zero attached hydrogens (tertiary/aromatic N) is 1. The molecule has 0 amide bonds. The normalized spacial score (nSPS) is 17.9. The first-order valence-corrected chi connectivity index (χ1v) is 7.55. The van der Waals surface area contributed by atoms with Crippen LogP contribution in [-0.2, 0) is 9.53 Å². The number of likely N-dealkylation sites (N-methyl/N-ethyl adjacent to an activating group) is 1. The molecule has 1 saturated carbocycles. The van der Waals surface area contributed by atoms with Crippen LogP contribution in [0.15, 0.2) is 30.3 Å². The largest absolute Gasteiger partial charge is 0.469 e. The van der Waals surface area contributed by atoms with E-state index in [-0.39, 0.29) is 11.9 Å². The maximum Gasteiger partial charge on any atom is 0.314 e. The van der Waals surface area contributed by atoms with E-state index in [1.165, 1.54) is 39.2 Å². The Morgan fingerprint density at radius 1 is 1.25 bits per heavy atom. The van der Waals surface area contributed by atoms with Gasteiger partial charge in [0.15, 0.2) is 0 Å². The number of carbonyl (C=O) groups is 1. The second kappa shape index (κ2) is 7.44. The van der Waals surface area contributed by atoms with Crippen LogP contribution in [0, 0.1) is 0 Å². The molecule has 20 heavy (non-hydrogen) atoms. The molecule has 0 heterocycles. The molecule has 0 bridgehead atoms. The standard InChI is InChI=1S/C17H25NO2/c1-18(15-11-7-4-8-12-15)13-16(17(19)20-2)14-9-5-3-6-10-14/h3,5-6,9-10,15-16H,4,7-8,11-13H2,1-2H3. The molecule has 1 unspecified atom stereocenters. The van der Waals surface area contributed by atoms with E-state index in [4.69, 9.17) is 4.74 Å². The third-order valence-electron chi connectivity index (χ3n) is 4.36. The number of esters is 1. The summed E-state index contributed by atoms with van der Waals surface area (Å²) in [5.41, 5.74) is 1.04. The van der Waals surface area contributed by atoms with Gasteiger partial charge in [-0.25, -0.2) is 0 Å². The first kappa shape index (κ1) is 15.0. The molecule has 1 aromatic rings. The van der Waals surface area contributed by atoms with Crippen molar-refractivity contribution in [1.29, 1.82) is 0 Å². The lowest BCUT2D eigenvalue weighted by molar-refractivity contribution is -0.143. The first-order valence-electron chi connectivity index (χ1n) is 7.55. The van der Waals surface area contributed by atoms with Gasteiger partial charge in [0.2, 0.25) is 0 Å². The van der Waals surface area contributed by atoms with Crippen molar-refractivity contribution >= 4 is 5.97 Å². The quantitative estimate of drug-likeness (QED) is 0.773. The van der Waals surface area contributed by atoms with Crippen LogP contribution in [0.1, 0.15) is 43.6 Å². The number of hydrogen-bond donors (Lipinski definition) is 0. The molecular formula is C17H25NO2. The van der Waals surface area contributed by atoms with Crippen molar-refractivity contribution in [3.05, 3.63) is 35.9 Å². The van der Waals surface area contributed by atoms with Crippen molar-refractivity contribution in [3.8, 4) is 0 Å². The van der Waals surface area contributed by atoms with Crippen LogP contribution in [0.2, 0.25) is 0 Å². The Kier molecular flexibility index (Phi) is 5.60. The summed E-state index contributed by atoms with van der Waals surface area (Å²) < 4.78 is 4.99. The molecular weight excluding hydrogens is 250 g/mol. The van der Waals surface area contributed by atoms with Gasteiger partial charge in [0.25, 0.3) is 0 Å². The summed E-state index contributed by atoms with van der Waals surface area (Å²) in [5.74, 6) is -0.327. The van der Waals surface area contributed by atoms with Crippen molar-refractivity contribution < 1.29 is 9.53 Å². The minimum Gasteiger partial charge on any atom is -0.469 e. The Morgan fingerprint density at radius 3 is 2.50 bits per heavy atom. The van der Waals surface area contributed by atoms with E-state index in [1.807, 2.05) is 30.3 Å². The molecule has 0 N–H and O–H groups in total. The van der Waals surface area contributed by atoms with Crippen LogP contribution in [0.25, 0.3) is 0 Å². The highest BCUT2D eigenvalue weighted by molar-refractivity contribution is 5.78. The molecule has 0 aromatic heterocycles. The summed E-state index contributed by atoms with van der Waals surface area (Å²) in [6, 6.07) is 10.6. The van der Waals surface area contributed by atoms with Crippen LogP contribution >= 0.6 is 0 Å². The van der Waals surface area contributed by atoms with E-state index in [2.05, 4.69) is 11.9 Å². The minimum absolute atomic E-state index is 0.140. The van der Waals surface area contributed by atoms with Gasteiger partial charge in [-0.1, -0.05) is 49.6 Å². The molecule has 3 heteroatoms. The fourth-order valence-electron chi connectivity index (χ4n) is 3.10. The van der Waals surface area contributed by atoms with Crippen molar-refractivity contribution in [3.63, 3.8) is 0 Å². The molecule has 1 aliphatic rings. The molecule has 1 fully saturated rings. The van der Waals surface area contributed by atoms with E-state index < -0.39 is 0 Å². The summed E-state index contributed by atoms with van der Waals surface area (Å²) in [6.07, 6.45) is 6.47. The highest BCUT2D eigenvalue weighted by atomic mass is 16.5. The monoisotopic (exact) mass is 275 g/mol. The lowest BCUT2D eigenvalue weighted by atomic mass is 9.92. The molecule has 110 valence electrons. The summed E-state index contributed by atoms with van der Waals surface area (Å²) in [5, 5.41) is 0. The molecule has 2 rings (SSSR count). The van der Waals surface area contributed by atoms with Gasteiger partial charge in [0.1, 0.15) is 0 Å². The Balaban J connectivity index is 2.05. The second-order valence-electron chi connectivity index (χ2n) is 5.72. The second-order valence-corrected chi connectivity index (χ2v) is 5.72. The summed E-state index contributed by atoms with van der Waals surface area (Å²) in [6.45, 7) is 0.737. The lowest BCUT2D eigenvalue weighted by Gasteiger charge is -2.33. The van der Waals surface area contributed by atoms with Crippen molar-refractivity contribution in [2.45, 2.75) is 44.1 Å². The van der Waals surface area contributed by atoms with Gasteiger partial charge in [0, 0.05) is 12.6 Å². The molecule has 0 aliphatic heterocycles. The molecule has 3 nitrogen and oxygen atoms in total. The Labute approximate surface area is 121 Å². The first-order chi connectivity index (χ1) is 9.72. The number of ether oxygens (including phenoxy) is 1. The van der Waals surface area contributed by atoms with E-state index in [0.717, 1.165) is 12.1 Å². The van der Waals surface area contributed by atoms with Gasteiger partial charge in [0.05, 0.1) is 13.0 Å². The zero-order valence-corrected chi connectivity index (χ0v) is 12.5. The topological polar surface area (TPSA) is 29.5 Å².